The van der Waals surface area contributed by atoms with Crippen molar-refractivity contribution in [2.24, 2.45) is 0 Å². The van der Waals surface area contributed by atoms with Crippen LogP contribution < -0.4 is 10.2 Å². The molecule has 2 N–H and O–H groups in total. The number of hydrogen-bond donors (Lipinski definition) is 2. The molecule has 0 bridgehead atoms. The molecule has 0 aliphatic heterocycles. The van der Waals surface area contributed by atoms with Gasteiger partial charge >= 0.3 is 12.3 Å². The lowest BCUT2D eigenvalue weighted by Gasteiger charge is -2.14. The Morgan fingerprint density at radius 1 is 1.17 bits per heavy atom. The molecule has 1 heterocycles. The lowest BCUT2D eigenvalue weighted by Crippen LogP contribution is -2.37. The van der Waals surface area contributed by atoms with Crippen LogP contribution >= 0.6 is 0 Å². The number of nitrogens with one attached hydrogen (secondary N) is 1. The number of ether oxygens (including phenoxy) is 1. The number of carboxylic acids is 1. The number of carbonyl (C=O) groups is 1. The summed E-state index contributed by atoms with van der Waals surface area (Å²) < 4.78 is 43.0. The van der Waals surface area contributed by atoms with Crippen molar-refractivity contribution in [3.05, 3.63) is 65.4 Å². The maximum absolute atomic E-state index is 12.4. The summed E-state index contributed by atoms with van der Waals surface area (Å²) in [4.78, 5) is 16.3. The molecule has 0 saturated carbocycles. The van der Waals surface area contributed by atoms with Crippen LogP contribution in [0.1, 0.15) is 16.8 Å². The third kappa shape index (κ3) is 4.92. The van der Waals surface area contributed by atoms with Gasteiger partial charge in [-0.1, -0.05) is 30.3 Å². The summed E-state index contributed by atoms with van der Waals surface area (Å²) in [6, 6.07) is 12.4. The van der Waals surface area contributed by atoms with Crippen LogP contribution in [0.3, 0.4) is 0 Å². The molecule has 0 radical (unpaired) electrons. The highest BCUT2D eigenvalue weighted by Gasteiger charge is 2.31. The maximum atomic E-state index is 12.4. The van der Waals surface area contributed by atoms with Crippen LogP contribution in [0.4, 0.5) is 13.2 Å². The van der Waals surface area contributed by atoms with Gasteiger partial charge in [0.15, 0.2) is 0 Å². The fraction of sp³-hybridized carbons (Fsp3) is 0.286. The Bertz CT molecular complexity index is 1030. The predicted octanol–water partition coefficient (Wildman–Crippen LogP) is 4.04. The van der Waals surface area contributed by atoms with Crippen molar-refractivity contribution in [3.63, 3.8) is 0 Å². The Kier molecular flexibility index (Phi) is 6.33. The molecule has 0 aliphatic carbocycles. The number of nitrogens with zero attached hydrogens (tertiary/aromatic N) is 1. The van der Waals surface area contributed by atoms with Crippen molar-refractivity contribution in [2.45, 2.75) is 32.3 Å². The van der Waals surface area contributed by atoms with Crippen LogP contribution in [0.5, 0.6) is 5.75 Å². The van der Waals surface area contributed by atoms with Crippen LogP contribution in [0.15, 0.2) is 48.5 Å². The standard InChI is InChI=1S/C21H21F3N2O4/c1-13-17(11-18(20(27)28)25-29-2)16-5-3-4-6-19(16)26(13)12-14-7-9-15(10-8-14)30-21(22,23)24/h3-10,18,25H,11-12H2,1-2H3,(H,27,28). The quantitative estimate of drug-likeness (QED) is 0.536. The van der Waals surface area contributed by atoms with Gasteiger partial charge in [0.2, 0.25) is 0 Å². The van der Waals surface area contributed by atoms with E-state index >= 15 is 0 Å². The zero-order chi connectivity index (χ0) is 21.9. The van der Waals surface area contributed by atoms with Gasteiger partial charge in [0.25, 0.3) is 0 Å². The van der Waals surface area contributed by atoms with E-state index in [2.05, 4.69) is 10.2 Å². The van der Waals surface area contributed by atoms with Crippen molar-refractivity contribution >= 4 is 16.9 Å². The fourth-order valence-electron chi connectivity index (χ4n) is 3.47. The van der Waals surface area contributed by atoms with Crippen molar-refractivity contribution in [1.29, 1.82) is 0 Å². The SMILES string of the molecule is CONC(Cc1c(C)n(Cc2ccc(OC(F)(F)F)cc2)c2ccccc12)C(=O)O. The molecule has 1 aromatic heterocycles. The normalized spacial score (nSPS) is 12.8. The van der Waals surface area contributed by atoms with Crippen LogP contribution in [0, 0.1) is 6.92 Å². The lowest BCUT2D eigenvalue weighted by atomic mass is 10.0. The summed E-state index contributed by atoms with van der Waals surface area (Å²) >= 11 is 0. The number of hydrogen-bond acceptors (Lipinski definition) is 4. The molecule has 2 aromatic carbocycles. The third-order valence-electron chi connectivity index (χ3n) is 4.83. The minimum atomic E-state index is -4.74. The number of carboxylic acid groups (broad SMARTS) is 1. The first-order valence-electron chi connectivity index (χ1n) is 9.12. The van der Waals surface area contributed by atoms with Crippen LogP contribution in [0.25, 0.3) is 10.9 Å². The molecule has 0 spiro atoms. The highest BCUT2D eigenvalue weighted by atomic mass is 19.4. The summed E-state index contributed by atoms with van der Waals surface area (Å²) in [5.41, 5.74) is 5.91. The van der Waals surface area contributed by atoms with Crippen LogP contribution in [-0.4, -0.2) is 35.2 Å². The summed E-state index contributed by atoms with van der Waals surface area (Å²) in [7, 11) is 1.36. The van der Waals surface area contributed by atoms with Crippen molar-refractivity contribution in [2.75, 3.05) is 7.11 Å². The highest BCUT2D eigenvalue weighted by Crippen LogP contribution is 2.29. The first kappa shape index (κ1) is 21.7. The van der Waals surface area contributed by atoms with Crippen LogP contribution in [0.2, 0.25) is 0 Å². The van der Waals surface area contributed by atoms with Gasteiger partial charge in [-0.05, 0) is 36.2 Å². The fourth-order valence-corrected chi connectivity index (χ4v) is 3.47. The third-order valence-corrected chi connectivity index (χ3v) is 4.83. The molecule has 0 saturated heterocycles. The number of rotatable bonds is 8. The van der Waals surface area contributed by atoms with E-state index in [9.17, 15) is 23.1 Å². The number of aliphatic carboxylic acids is 1. The molecule has 1 unspecified atom stereocenters. The molecule has 0 amide bonds. The van der Waals surface area contributed by atoms with Crippen molar-refractivity contribution in [1.82, 2.24) is 10.0 Å². The maximum Gasteiger partial charge on any atom is 0.573 e. The summed E-state index contributed by atoms with van der Waals surface area (Å²) in [5.74, 6) is -1.32. The Labute approximate surface area is 170 Å². The first-order valence-corrected chi connectivity index (χ1v) is 9.12. The van der Waals surface area contributed by atoms with Gasteiger partial charge < -0.3 is 19.2 Å². The van der Waals surface area contributed by atoms with Gasteiger partial charge in [0.1, 0.15) is 11.8 Å². The molecular formula is C21H21F3N2O4. The van der Waals surface area contributed by atoms with Gasteiger partial charge in [0, 0.05) is 29.6 Å². The molecule has 3 rings (SSSR count). The van der Waals surface area contributed by atoms with Crippen LogP contribution in [-0.2, 0) is 22.6 Å². The highest BCUT2D eigenvalue weighted by molar-refractivity contribution is 5.86. The van der Waals surface area contributed by atoms with E-state index in [0.29, 0.717) is 6.54 Å². The second-order valence-electron chi connectivity index (χ2n) is 6.78. The van der Waals surface area contributed by atoms with Gasteiger partial charge in [-0.2, -0.15) is 5.48 Å². The molecule has 3 aromatic rings. The average molecular weight is 422 g/mol. The van der Waals surface area contributed by atoms with E-state index in [4.69, 9.17) is 4.84 Å². The molecule has 1 atom stereocenters. The molecule has 30 heavy (non-hydrogen) atoms. The first-order chi connectivity index (χ1) is 14.2. The molecule has 0 fully saturated rings. The number of para-hydroxylation sites is 1. The Morgan fingerprint density at radius 2 is 1.83 bits per heavy atom. The van der Waals surface area contributed by atoms with E-state index in [1.165, 1.54) is 19.2 Å². The second kappa shape index (κ2) is 8.76. The largest absolute Gasteiger partial charge is 0.573 e. The monoisotopic (exact) mass is 422 g/mol. The number of benzene rings is 2. The van der Waals surface area contributed by atoms with Gasteiger partial charge in [0.05, 0.1) is 7.11 Å². The Balaban J connectivity index is 1.93. The molecule has 0 aliphatic rings. The number of alkyl halides is 3. The van der Waals surface area contributed by atoms with E-state index in [-0.39, 0.29) is 12.2 Å². The predicted molar refractivity (Wildman–Crippen MR) is 104 cm³/mol. The minimum Gasteiger partial charge on any atom is -0.480 e. The summed E-state index contributed by atoms with van der Waals surface area (Å²) in [5, 5.41) is 10.3. The summed E-state index contributed by atoms with van der Waals surface area (Å²) in [6.45, 7) is 2.30. The summed E-state index contributed by atoms with van der Waals surface area (Å²) in [6.07, 6.45) is -4.53. The Hall–Kier alpha value is -3.04. The van der Waals surface area contributed by atoms with E-state index in [1.807, 2.05) is 35.8 Å². The van der Waals surface area contributed by atoms with Crippen molar-refractivity contribution in [3.8, 4) is 5.75 Å². The lowest BCUT2D eigenvalue weighted by molar-refractivity contribution is -0.274. The topological polar surface area (TPSA) is 72.7 Å². The van der Waals surface area contributed by atoms with E-state index in [1.54, 1.807) is 12.1 Å². The second-order valence-corrected chi connectivity index (χ2v) is 6.78. The molecule has 9 heteroatoms. The van der Waals surface area contributed by atoms with Gasteiger partial charge in [-0.25, -0.2) is 0 Å². The minimum absolute atomic E-state index is 0.209. The zero-order valence-corrected chi connectivity index (χ0v) is 16.4. The molecular weight excluding hydrogens is 401 g/mol. The van der Waals surface area contributed by atoms with E-state index < -0.39 is 18.4 Å². The van der Waals surface area contributed by atoms with Gasteiger partial charge in [-0.15, -0.1) is 13.2 Å². The average Bonchev–Trinajstić information content (AvgIpc) is 2.93. The van der Waals surface area contributed by atoms with Crippen molar-refractivity contribution < 1.29 is 32.6 Å². The Morgan fingerprint density at radius 3 is 2.43 bits per heavy atom. The number of halogens is 3. The molecule has 160 valence electrons. The molecule has 6 nitrogen and oxygen atoms in total. The zero-order valence-electron chi connectivity index (χ0n) is 16.4. The smallest absolute Gasteiger partial charge is 0.480 e. The number of fused-ring (bicyclic) bond motifs is 1. The number of hydroxylamine groups is 1. The van der Waals surface area contributed by atoms with Gasteiger partial charge in [-0.3, -0.25) is 4.79 Å². The number of aromatic nitrogens is 1. The van der Waals surface area contributed by atoms with E-state index in [0.717, 1.165) is 27.7 Å².